The van der Waals surface area contributed by atoms with Crippen molar-refractivity contribution in [1.29, 1.82) is 0 Å². The van der Waals surface area contributed by atoms with E-state index in [4.69, 9.17) is 4.74 Å². The summed E-state index contributed by atoms with van der Waals surface area (Å²) in [4.78, 5) is 24.1. The van der Waals surface area contributed by atoms with Crippen LogP contribution in [0.4, 0.5) is 0 Å². The first-order chi connectivity index (χ1) is 9.72. The van der Waals surface area contributed by atoms with Crippen LogP contribution in [0.25, 0.3) is 0 Å². The largest absolute Gasteiger partial charge is 0.494 e. The lowest BCUT2D eigenvalue weighted by Crippen LogP contribution is -2.14. The van der Waals surface area contributed by atoms with E-state index in [1.165, 1.54) is 0 Å². The Morgan fingerprint density at radius 3 is 1.95 bits per heavy atom. The van der Waals surface area contributed by atoms with E-state index in [1.807, 2.05) is 6.92 Å². The number of rotatable bonds is 6. The molecule has 0 atom stereocenters. The molecule has 102 valence electrons. The van der Waals surface area contributed by atoms with Gasteiger partial charge in [-0.2, -0.15) is 0 Å². The lowest BCUT2D eigenvalue weighted by atomic mass is 10.0. The van der Waals surface area contributed by atoms with E-state index < -0.39 is 11.6 Å². The molecule has 0 spiro atoms. The summed E-state index contributed by atoms with van der Waals surface area (Å²) < 4.78 is 5.44. The highest BCUT2D eigenvalue weighted by Crippen LogP contribution is 2.14. The van der Waals surface area contributed by atoms with E-state index in [2.05, 4.69) is 0 Å². The number of ketones is 2. The first-order valence-electron chi connectivity index (χ1n) is 6.59. The van der Waals surface area contributed by atoms with E-state index in [-0.39, 0.29) is 0 Å². The average Bonchev–Trinajstić information content (AvgIpc) is 2.53. The van der Waals surface area contributed by atoms with Crippen LogP contribution in [0.1, 0.15) is 34.1 Å². The van der Waals surface area contributed by atoms with E-state index in [9.17, 15) is 9.59 Å². The van der Waals surface area contributed by atoms with Gasteiger partial charge in [-0.3, -0.25) is 9.59 Å². The lowest BCUT2D eigenvalue weighted by Gasteiger charge is -2.05. The summed E-state index contributed by atoms with van der Waals surface area (Å²) in [6, 6.07) is 15.2. The van der Waals surface area contributed by atoms with Crippen molar-refractivity contribution in [3.8, 4) is 5.75 Å². The average molecular weight is 268 g/mol. The number of carbonyl (C=O) groups excluding carboxylic acids is 2. The Morgan fingerprint density at radius 1 is 0.850 bits per heavy atom. The van der Waals surface area contributed by atoms with Gasteiger partial charge in [-0.25, -0.2) is 0 Å². The fourth-order valence-electron chi connectivity index (χ4n) is 1.77. The predicted octanol–water partition coefficient (Wildman–Crippen LogP) is 3.54. The minimum absolute atomic E-state index is 0.378. The zero-order chi connectivity index (χ0) is 14.4. The molecular formula is C17H16O3. The molecule has 0 heterocycles. The van der Waals surface area contributed by atoms with E-state index >= 15 is 0 Å². The van der Waals surface area contributed by atoms with Crippen molar-refractivity contribution < 1.29 is 14.3 Å². The number of carbonyl (C=O) groups is 2. The van der Waals surface area contributed by atoms with Crippen molar-refractivity contribution in [2.45, 2.75) is 13.3 Å². The van der Waals surface area contributed by atoms with Gasteiger partial charge in [0.15, 0.2) is 0 Å². The predicted molar refractivity (Wildman–Crippen MR) is 77.3 cm³/mol. The monoisotopic (exact) mass is 268 g/mol. The van der Waals surface area contributed by atoms with Crippen LogP contribution >= 0.6 is 0 Å². The van der Waals surface area contributed by atoms with Crippen molar-refractivity contribution in [3.05, 3.63) is 65.7 Å². The maximum Gasteiger partial charge on any atom is 0.233 e. The van der Waals surface area contributed by atoms with Gasteiger partial charge in [0.2, 0.25) is 11.6 Å². The van der Waals surface area contributed by atoms with Crippen molar-refractivity contribution in [2.24, 2.45) is 0 Å². The molecule has 2 aromatic carbocycles. The molecule has 0 amide bonds. The molecule has 0 N–H and O–H groups in total. The van der Waals surface area contributed by atoms with Gasteiger partial charge in [0.25, 0.3) is 0 Å². The van der Waals surface area contributed by atoms with Crippen molar-refractivity contribution in [3.63, 3.8) is 0 Å². The topological polar surface area (TPSA) is 43.4 Å². The highest BCUT2D eigenvalue weighted by atomic mass is 16.5. The highest BCUT2D eigenvalue weighted by molar-refractivity contribution is 6.49. The minimum Gasteiger partial charge on any atom is -0.494 e. The fourth-order valence-corrected chi connectivity index (χ4v) is 1.77. The summed E-state index contributed by atoms with van der Waals surface area (Å²) in [5.41, 5.74) is 0.784. The number of ether oxygens (including phenoxy) is 1. The molecule has 20 heavy (non-hydrogen) atoms. The van der Waals surface area contributed by atoms with Gasteiger partial charge in [-0.1, -0.05) is 37.3 Å². The fraction of sp³-hybridized carbons (Fsp3) is 0.176. The molecule has 0 bridgehead atoms. The van der Waals surface area contributed by atoms with Gasteiger partial charge in [0, 0.05) is 11.1 Å². The Bertz CT molecular complexity index is 585. The summed E-state index contributed by atoms with van der Waals surface area (Å²) in [5.74, 6) is -0.290. The SMILES string of the molecule is CCCOc1ccc(C(=O)C(=O)c2ccccc2)cc1. The maximum atomic E-state index is 12.1. The molecule has 0 fully saturated rings. The Hall–Kier alpha value is -2.42. The Labute approximate surface area is 118 Å². The molecule has 3 heteroatoms. The first-order valence-corrected chi connectivity index (χ1v) is 6.59. The van der Waals surface area contributed by atoms with Crippen LogP contribution in [0.15, 0.2) is 54.6 Å². The molecule has 0 aliphatic rings. The summed E-state index contributed by atoms with van der Waals surface area (Å²) >= 11 is 0. The highest BCUT2D eigenvalue weighted by Gasteiger charge is 2.17. The van der Waals surface area contributed by atoms with E-state index in [1.54, 1.807) is 54.6 Å². The van der Waals surface area contributed by atoms with Crippen LogP contribution < -0.4 is 4.74 Å². The van der Waals surface area contributed by atoms with Crippen molar-refractivity contribution in [1.82, 2.24) is 0 Å². The molecular weight excluding hydrogens is 252 g/mol. The van der Waals surface area contributed by atoms with Gasteiger partial charge in [0.05, 0.1) is 6.61 Å². The van der Waals surface area contributed by atoms with Crippen LogP contribution in [0, 0.1) is 0 Å². The molecule has 0 saturated carbocycles. The maximum absolute atomic E-state index is 12.1. The number of hydrogen-bond donors (Lipinski definition) is 0. The normalized spacial score (nSPS) is 10.1. The van der Waals surface area contributed by atoms with Gasteiger partial charge in [0.1, 0.15) is 5.75 Å². The minimum atomic E-state index is -0.502. The molecule has 0 radical (unpaired) electrons. The Kier molecular flexibility index (Phi) is 4.66. The van der Waals surface area contributed by atoms with Crippen LogP contribution in [0.2, 0.25) is 0 Å². The molecule has 2 aromatic rings. The van der Waals surface area contributed by atoms with Gasteiger partial charge in [-0.05, 0) is 30.7 Å². The molecule has 0 aliphatic heterocycles. The second kappa shape index (κ2) is 6.66. The zero-order valence-corrected chi connectivity index (χ0v) is 11.3. The van der Waals surface area contributed by atoms with Gasteiger partial charge in [-0.15, -0.1) is 0 Å². The third-order valence-electron chi connectivity index (χ3n) is 2.83. The number of Topliss-reactive ketones (excluding diaryl/α,β-unsaturated/α-hetero) is 2. The smallest absolute Gasteiger partial charge is 0.233 e. The second-order valence-corrected chi connectivity index (χ2v) is 4.40. The molecule has 0 saturated heterocycles. The summed E-state index contributed by atoms with van der Waals surface area (Å²) in [6.45, 7) is 2.66. The lowest BCUT2D eigenvalue weighted by molar-refractivity contribution is 0.0817. The third kappa shape index (κ3) is 3.32. The number of benzene rings is 2. The zero-order valence-electron chi connectivity index (χ0n) is 11.3. The number of hydrogen-bond acceptors (Lipinski definition) is 3. The van der Waals surface area contributed by atoms with Crippen LogP contribution in [0.5, 0.6) is 5.75 Å². The molecule has 0 unspecified atom stereocenters. The first kappa shape index (κ1) is 14.0. The Balaban J connectivity index is 2.11. The molecule has 0 aromatic heterocycles. The standard InChI is InChI=1S/C17H16O3/c1-2-12-20-15-10-8-14(9-11-15)17(19)16(18)13-6-4-3-5-7-13/h3-11H,2,12H2,1H3. The van der Waals surface area contributed by atoms with Gasteiger partial charge >= 0.3 is 0 Å². The second-order valence-electron chi connectivity index (χ2n) is 4.40. The summed E-state index contributed by atoms with van der Waals surface area (Å²) in [7, 11) is 0. The van der Waals surface area contributed by atoms with Crippen LogP contribution in [-0.4, -0.2) is 18.2 Å². The van der Waals surface area contributed by atoms with E-state index in [0.717, 1.165) is 6.42 Å². The molecule has 3 nitrogen and oxygen atoms in total. The quantitative estimate of drug-likeness (QED) is 0.594. The third-order valence-corrected chi connectivity index (χ3v) is 2.83. The van der Waals surface area contributed by atoms with E-state index in [0.29, 0.717) is 23.5 Å². The van der Waals surface area contributed by atoms with Crippen molar-refractivity contribution >= 4 is 11.6 Å². The Morgan fingerprint density at radius 2 is 1.40 bits per heavy atom. The summed E-state index contributed by atoms with van der Waals surface area (Å²) in [6.07, 6.45) is 0.924. The van der Waals surface area contributed by atoms with Crippen LogP contribution in [-0.2, 0) is 0 Å². The molecule has 2 rings (SSSR count). The molecule has 0 aliphatic carbocycles. The van der Waals surface area contributed by atoms with Crippen LogP contribution in [0.3, 0.4) is 0 Å². The van der Waals surface area contributed by atoms with Crippen molar-refractivity contribution in [2.75, 3.05) is 6.61 Å². The van der Waals surface area contributed by atoms with Gasteiger partial charge < -0.3 is 4.74 Å². The summed E-state index contributed by atoms with van der Waals surface area (Å²) in [5, 5.41) is 0.